The molecule has 4 heteroatoms. The Balaban J connectivity index is 1.63. The number of para-hydroxylation sites is 1. The molecule has 0 aliphatic rings. The zero-order valence-electron chi connectivity index (χ0n) is 12.3. The molecule has 112 valence electrons. The number of nitrogens with one attached hydrogen (secondary N) is 2. The van der Waals surface area contributed by atoms with E-state index in [1.165, 1.54) is 16.5 Å². The highest BCUT2D eigenvalue weighted by molar-refractivity contribution is 14.1. The van der Waals surface area contributed by atoms with E-state index in [2.05, 4.69) is 45.9 Å². The first kappa shape index (κ1) is 15.1. The summed E-state index contributed by atoms with van der Waals surface area (Å²) in [6.07, 6.45) is 3.21. The summed E-state index contributed by atoms with van der Waals surface area (Å²) in [5, 5.41) is 4.16. The number of anilines is 1. The van der Waals surface area contributed by atoms with Gasteiger partial charge in [-0.05, 0) is 65.3 Å². The SMILES string of the molecule is Cc1ccc(NC(=O)CCc2c[nH]c3ccccc23)cc1I. The molecule has 3 aromatic rings. The van der Waals surface area contributed by atoms with E-state index in [0.29, 0.717) is 6.42 Å². The number of H-pyrrole nitrogens is 1. The van der Waals surface area contributed by atoms with Gasteiger partial charge in [0.15, 0.2) is 0 Å². The van der Waals surface area contributed by atoms with Gasteiger partial charge >= 0.3 is 0 Å². The predicted molar refractivity (Wildman–Crippen MR) is 99.1 cm³/mol. The number of halogens is 1. The number of fused-ring (bicyclic) bond motifs is 1. The Bertz CT molecular complexity index is 823. The highest BCUT2D eigenvalue weighted by Gasteiger charge is 2.07. The van der Waals surface area contributed by atoms with E-state index in [4.69, 9.17) is 0 Å². The minimum atomic E-state index is 0.0462. The highest BCUT2D eigenvalue weighted by atomic mass is 127. The van der Waals surface area contributed by atoms with Gasteiger partial charge in [-0.15, -0.1) is 0 Å². The van der Waals surface area contributed by atoms with Crippen molar-refractivity contribution in [2.45, 2.75) is 19.8 Å². The molecule has 0 saturated carbocycles. The normalized spacial score (nSPS) is 10.8. The maximum Gasteiger partial charge on any atom is 0.224 e. The van der Waals surface area contributed by atoms with Crippen LogP contribution in [0.5, 0.6) is 0 Å². The van der Waals surface area contributed by atoms with E-state index in [0.717, 1.165) is 21.2 Å². The second-order valence-electron chi connectivity index (χ2n) is 5.37. The van der Waals surface area contributed by atoms with Gasteiger partial charge in [-0.1, -0.05) is 24.3 Å². The molecule has 0 spiro atoms. The molecule has 2 N–H and O–H groups in total. The molecule has 1 aromatic heterocycles. The number of hydrogen-bond donors (Lipinski definition) is 2. The smallest absolute Gasteiger partial charge is 0.224 e. The molecule has 0 fully saturated rings. The first-order chi connectivity index (χ1) is 10.6. The molecule has 1 heterocycles. The molecule has 1 amide bonds. The Morgan fingerprint density at radius 3 is 2.86 bits per heavy atom. The number of carbonyl (C=O) groups is 1. The van der Waals surface area contributed by atoms with Crippen LogP contribution in [-0.2, 0) is 11.2 Å². The number of benzene rings is 2. The van der Waals surface area contributed by atoms with Crippen molar-refractivity contribution in [1.29, 1.82) is 0 Å². The Kier molecular flexibility index (Phi) is 4.47. The van der Waals surface area contributed by atoms with Crippen LogP contribution in [-0.4, -0.2) is 10.9 Å². The van der Waals surface area contributed by atoms with Crippen molar-refractivity contribution < 1.29 is 4.79 Å². The van der Waals surface area contributed by atoms with E-state index in [9.17, 15) is 4.79 Å². The molecular formula is C18H17IN2O. The van der Waals surface area contributed by atoms with Crippen LogP contribution in [0.2, 0.25) is 0 Å². The minimum absolute atomic E-state index is 0.0462. The molecule has 3 rings (SSSR count). The zero-order valence-corrected chi connectivity index (χ0v) is 14.5. The summed E-state index contributed by atoms with van der Waals surface area (Å²) in [5.74, 6) is 0.0462. The van der Waals surface area contributed by atoms with Crippen molar-refractivity contribution >= 4 is 45.1 Å². The quantitative estimate of drug-likeness (QED) is 0.611. The van der Waals surface area contributed by atoms with E-state index < -0.39 is 0 Å². The molecule has 2 aromatic carbocycles. The second-order valence-corrected chi connectivity index (χ2v) is 6.53. The fraction of sp³-hybridized carbons (Fsp3) is 0.167. The summed E-state index contributed by atoms with van der Waals surface area (Å²) in [5.41, 5.74) is 4.38. The van der Waals surface area contributed by atoms with E-state index in [1.807, 2.05) is 42.6 Å². The van der Waals surface area contributed by atoms with Gasteiger partial charge in [-0.25, -0.2) is 0 Å². The van der Waals surface area contributed by atoms with Gasteiger partial charge < -0.3 is 10.3 Å². The lowest BCUT2D eigenvalue weighted by Crippen LogP contribution is -2.12. The standard InChI is InChI=1S/C18H17IN2O/c1-12-6-8-14(10-16(12)19)21-18(22)9-7-13-11-20-17-5-3-2-4-15(13)17/h2-6,8,10-11,20H,7,9H2,1H3,(H,21,22). The van der Waals surface area contributed by atoms with Crippen molar-refractivity contribution in [2.75, 3.05) is 5.32 Å². The summed E-state index contributed by atoms with van der Waals surface area (Å²) < 4.78 is 1.16. The number of aryl methyl sites for hydroxylation is 2. The molecule has 0 aliphatic carbocycles. The molecule has 0 radical (unpaired) electrons. The first-order valence-electron chi connectivity index (χ1n) is 7.24. The van der Waals surface area contributed by atoms with Crippen LogP contribution in [0.1, 0.15) is 17.5 Å². The van der Waals surface area contributed by atoms with Crippen molar-refractivity contribution in [3.05, 3.63) is 63.4 Å². The third-order valence-corrected chi connectivity index (χ3v) is 4.91. The van der Waals surface area contributed by atoms with Crippen LogP contribution < -0.4 is 5.32 Å². The van der Waals surface area contributed by atoms with E-state index in [1.54, 1.807) is 0 Å². The average Bonchev–Trinajstić information content (AvgIpc) is 2.92. The maximum absolute atomic E-state index is 12.1. The largest absolute Gasteiger partial charge is 0.361 e. The van der Waals surface area contributed by atoms with Crippen LogP contribution in [0.4, 0.5) is 5.69 Å². The maximum atomic E-state index is 12.1. The van der Waals surface area contributed by atoms with Crippen LogP contribution in [0.3, 0.4) is 0 Å². The fourth-order valence-electron chi connectivity index (χ4n) is 2.48. The molecule has 22 heavy (non-hydrogen) atoms. The van der Waals surface area contributed by atoms with Crippen molar-refractivity contribution in [3.8, 4) is 0 Å². The lowest BCUT2D eigenvalue weighted by Gasteiger charge is -2.07. The summed E-state index contributed by atoms with van der Waals surface area (Å²) >= 11 is 2.28. The van der Waals surface area contributed by atoms with E-state index >= 15 is 0 Å². The Morgan fingerprint density at radius 1 is 1.23 bits per heavy atom. The van der Waals surface area contributed by atoms with Crippen molar-refractivity contribution in [2.24, 2.45) is 0 Å². The fourth-order valence-corrected chi connectivity index (χ4v) is 3.00. The minimum Gasteiger partial charge on any atom is -0.361 e. The predicted octanol–water partition coefficient (Wildman–Crippen LogP) is 4.65. The van der Waals surface area contributed by atoms with Crippen LogP contribution in [0, 0.1) is 10.5 Å². The number of aromatic nitrogens is 1. The highest BCUT2D eigenvalue weighted by Crippen LogP contribution is 2.20. The molecular weight excluding hydrogens is 387 g/mol. The molecule has 0 atom stereocenters. The molecule has 0 bridgehead atoms. The van der Waals surface area contributed by atoms with Gasteiger partial charge in [-0.3, -0.25) is 4.79 Å². The van der Waals surface area contributed by atoms with Crippen molar-refractivity contribution in [3.63, 3.8) is 0 Å². The third kappa shape index (κ3) is 3.32. The number of aromatic amines is 1. The summed E-state index contributed by atoms with van der Waals surface area (Å²) in [6, 6.07) is 14.1. The van der Waals surface area contributed by atoms with Gasteiger partial charge in [0.1, 0.15) is 0 Å². The molecule has 0 aliphatic heterocycles. The number of rotatable bonds is 4. The van der Waals surface area contributed by atoms with Gasteiger partial charge in [0.05, 0.1) is 0 Å². The molecule has 3 nitrogen and oxygen atoms in total. The zero-order chi connectivity index (χ0) is 15.5. The Morgan fingerprint density at radius 2 is 2.05 bits per heavy atom. The Labute approximate surface area is 143 Å². The molecule has 0 saturated heterocycles. The average molecular weight is 404 g/mol. The monoisotopic (exact) mass is 404 g/mol. The van der Waals surface area contributed by atoms with Gasteiger partial charge in [0.25, 0.3) is 0 Å². The number of amides is 1. The summed E-state index contributed by atoms with van der Waals surface area (Å²) in [4.78, 5) is 15.4. The van der Waals surface area contributed by atoms with Gasteiger partial charge in [0.2, 0.25) is 5.91 Å². The number of carbonyl (C=O) groups excluding carboxylic acids is 1. The summed E-state index contributed by atoms with van der Waals surface area (Å²) in [7, 11) is 0. The van der Waals surface area contributed by atoms with Crippen LogP contribution >= 0.6 is 22.6 Å². The van der Waals surface area contributed by atoms with Gasteiger partial charge in [-0.2, -0.15) is 0 Å². The lowest BCUT2D eigenvalue weighted by molar-refractivity contribution is -0.116. The molecule has 0 unspecified atom stereocenters. The first-order valence-corrected chi connectivity index (χ1v) is 8.32. The van der Waals surface area contributed by atoms with Crippen LogP contribution in [0.15, 0.2) is 48.7 Å². The van der Waals surface area contributed by atoms with Gasteiger partial charge in [0, 0.05) is 32.8 Å². The Hall–Kier alpha value is -1.82. The second kappa shape index (κ2) is 6.52. The topological polar surface area (TPSA) is 44.9 Å². The number of hydrogen-bond acceptors (Lipinski definition) is 1. The third-order valence-electron chi connectivity index (χ3n) is 3.75. The van der Waals surface area contributed by atoms with E-state index in [-0.39, 0.29) is 5.91 Å². The van der Waals surface area contributed by atoms with Crippen LogP contribution in [0.25, 0.3) is 10.9 Å². The lowest BCUT2D eigenvalue weighted by atomic mass is 10.1. The summed E-state index contributed by atoms with van der Waals surface area (Å²) in [6.45, 7) is 2.06. The van der Waals surface area contributed by atoms with Crippen molar-refractivity contribution in [1.82, 2.24) is 4.98 Å².